The van der Waals surface area contributed by atoms with Crippen molar-refractivity contribution < 1.29 is 17.2 Å². The van der Waals surface area contributed by atoms with E-state index in [1.807, 2.05) is 0 Å². The molecule has 1 saturated carbocycles. The van der Waals surface area contributed by atoms with Crippen LogP contribution < -0.4 is 4.72 Å². The lowest BCUT2D eigenvalue weighted by Crippen LogP contribution is -2.16. The number of halogens is 2. The summed E-state index contributed by atoms with van der Waals surface area (Å²) in [4.78, 5) is -0.710. The average Bonchev–Trinajstić information content (AvgIpc) is 3.13. The third-order valence-electron chi connectivity index (χ3n) is 4.46. The van der Waals surface area contributed by atoms with Crippen LogP contribution in [0.5, 0.6) is 0 Å². The van der Waals surface area contributed by atoms with Crippen molar-refractivity contribution in [3.05, 3.63) is 41.2 Å². The van der Waals surface area contributed by atoms with Gasteiger partial charge in [-0.1, -0.05) is 12.8 Å². The minimum absolute atomic E-state index is 0.0525. The van der Waals surface area contributed by atoms with Crippen molar-refractivity contribution in [2.24, 2.45) is 0 Å². The molecule has 1 heterocycles. The second-order valence-corrected chi connectivity index (χ2v) is 7.81. The molecule has 3 rings (SSSR count). The standard InChI is InChI=1S/C16H19F2N3O2S/c1-10-7-14(18)16(8-13(10)17)24(22,23)20-15-9-19-21(11(15)2)12-5-3-4-6-12/h7-9,12,20H,3-6H2,1-2H3. The van der Waals surface area contributed by atoms with E-state index in [1.54, 1.807) is 11.6 Å². The molecule has 0 aliphatic heterocycles. The van der Waals surface area contributed by atoms with E-state index in [2.05, 4.69) is 9.82 Å². The lowest BCUT2D eigenvalue weighted by molar-refractivity contribution is 0.457. The van der Waals surface area contributed by atoms with Crippen molar-refractivity contribution >= 4 is 15.7 Å². The Morgan fingerprint density at radius 3 is 2.50 bits per heavy atom. The van der Waals surface area contributed by atoms with Crippen LogP contribution in [0.15, 0.2) is 23.2 Å². The fourth-order valence-corrected chi connectivity index (χ4v) is 4.25. The highest BCUT2D eigenvalue weighted by atomic mass is 32.2. The van der Waals surface area contributed by atoms with Crippen LogP contribution in [0.25, 0.3) is 0 Å². The van der Waals surface area contributed by atoms with Crippen molar-refractivity contribution in [3.8, 4) is 0 Å². The Morgan fingerprint density at radius 2 is 1.83 bits per heavy atom. The van der Waals surface area contributed by atoms with Crippen molar-refractivity contribution in [2.45, 2.75) is 50.5 Å². The molecule has 0 amide bonds. The van der Waals surface area contributed by atoms with Gasteiger partial charge in [-0.25, -0.2) is 17.2 Å². The summed E-state index contributed by atoms with van der Waals surface area (Å²) >= 11 is 0. The lowest BCUT2D eigenvalue weighted by atomic mass is 10.2. The van der Waals surface area contributed by atoms with E-state index in [1.165, 1.54) is 13.1 Å². The van der Waals surface area contributed by atoms with E-state index in [0.717, 1.165) is 31.7 Å². The Labute approximate surface area is 139 Å². The topological polar surface area (TPSA) is 64.0 Å². The van der Waals surface area contributed by atoms with E-state index in [0.29, 0.717) is 11.8 Å². The number of nitrogens with one attached hydrogen (secondary N) is 1. The van der Waals surface area contributed by atoms with E-state index in [9.17, 15) is 17.2 Å². The SMILES string of the molecule is Cc1cc(F)c(S(=O)(=O)Nc2cnn(C3CCCC3)c2C)cc1F. The molecule has 1 aromatic heterocycles. The molecule has 1 N–H and O–H groups in total. The Kier molecular flexibility index (Phi) is 4.33. The number of nitrogens with zero attached hydrogens (tertiary/aromatic N) is 2. The quantitative estimate of drug-likeness (QED) is 0.910. The van der Waals surface area contributed by atoms with Gasteiger partial charge in [-0.2, -0.15) is 5.10 Å². The number of aromatic nitrogens is 2. The molecule has 0 radical (unpaired) electrons. The molecular formula is C16H19F2N3O2S. The molecule has 5 nitrogen and oxygen atoms in total. The molecule has 1 aromatic carbocycles. The second-order valence-electron chi connectivity index (χ2n) is 6.16. The van der Waals surface area contributed by atoms with Crippen LogP contribution >= 0.6 is 0 Å². The normalized spacial score (nSPS) is 15.8. The third-order valence-corrected chi connectivity index (χ3v) is 5.84. The minimum Gasteiger partial charge on any atom is -0.276 e. The molecule has 130 valence electrons. The van der Waals surface area contributed by atoms with Gasteiger partial charge in [0.2, 0.25) is 0 Å². The Balaban J connectivity index is 1.92. The smallest absolute Gasteiger partial charge is 0.265 e. The van der Waals surface area contributed by atoms with E-state index >= 15 is 0 Å². The van der Waals surface area contributed by atoms with Gasteiger partial charge in [-0.05, 0) is 44.4 Å². The molecule has 1 aliphatic rings. The van der Waals surface area contributed by atoms with Crippen molar-refractivity contribution in [3.63, 3.8) is 0 Å². The Morgan fingerprint density at radius 1 is 1.17 bits per heavy atom. The van der Waals surface area contributed by atoms with Gasteiger partial charge in [0.1, 0.15) is 16.5 Å². The number of hydrogen-bond donors (Lipinski definition) is 1. The predicted molar refractivity (Wildman–Crippen MR) is 86.4 cm³/mol. The van der Waals surface area contributed by atoms with Gasteiger partial charge in [0.05, 0.1) is 23.6 Å². The lowest BCUT2D eigenvalue weighted by Gasteiger charge is -2.13. The predicted octanol–water partition coefficient (Wildman–Crippen LogP) is 3.69. The van der Waals surface area contributed by atoms with Crippen LogP contribution in [0.1, 0.15) is 43.0 Å². The van der Waals surface area contributed by atoms with Gasteiger partial charge in [0.25, 0.3) is 10.0 Å². The van der Waals surface area contributed by atoms with Gasteiger partial charge in [-0.15, -0.1) is 0 Å². The van der Waals surface area contributed by atoms with Crippen LogP contribution in [-0.4, -0.2) is 18.2 Å². The molecule has 24 heavy (non-hydrogen) atoms. The summed E-state index contributed by atoms with van der Waals surface area (Å²) in [6, 6.07) is 1.83. The van der Waals surface area contributed by atoms with Crippen LogP contribution in [0, 0.1) is 25.5 Å². The van der Waals surface area contributed by atoms with Crippen molar-refractivity contribution in [2.75, 3.05) is 4.72 Å². The number of aryl methyl sites for hydroxylation is 1. The first-order valence-corrected chi connectivity index (χ1v) is 9.30. The molecule has 0 bridgehead atoms. The highest BCUT2D eigenvalue weighted by molar-refractivity contribution is 7.92. The minimum atomic E-state index is -4.23. The fourth-order valence-electron chi connectivity index (χ4n) is 3.07. The molecule has 8 heteroatoms. The van der Waals surface area contributed by atoms with Gasteiger partial charge in [0.15, 0.2) is 0 Å². The van der Waals surface area contributed by atoms with Gasteiger partial charge >= 0.3 is 0 Å². The molecular weight excluding hydrogens is 336 g/mol. The average molecular weight is 355 g/mol. The fraction of sp³-hybridized carbons (Fsp3) is 0.438. The monoisotopic (exact) mass is 355 g/mol. The number of anilines is 1. The summed E-state index contributed by atoms with van der Waals surface area (Å²) < 4.78 is 56.6. The van der Waals surface area contributed by atoms with Crippen LogP contribution in [0.4, 0.5) is 14.5 Å². The first-order chi connectivity index (χ1) is 11.3. The van der Waals surface area contributed by atoms with Gasteiger partial charge in [-0.3, -0.25) is 9.40 Å². The number of hydrogen-bond acceptors (Lipinski definition) is 3. The van der Waals surface area contributed by atoms with Gasteiger partial charge < -0.3 is 0 Å². The molecule has 1 fully saturated rings. The maximum Gasteiger partial charge on any atom is 0.265 e. The van der Waals surface area contributed by atoms with E-state index in [4.69, 9.17) is 0 Å². The highest BCUT2D eigenvalue weighted by Gasteiger charge is 2.25. The van der Waals surface area contributed by atoms with Gasteiger partial charge in [0, 0.05) is 0 Å². The number of benzene rings is 1. The molecule has 0 saturated heterocycles. The first-order valence-electron chi connectivity index (χ1n) is 7.82. The summed E-state index contributed by atoms with van der Waals surface area (Å²) in [5, 5.41) is 4.25. The summed E-state index contributed by atoms with van der Waals surface area (Å²) in [7, 11) is -4.23. The first kappa shape index (κ1) is 16.9. The maximum absolute atomic E-state index is 14.0. The van der Waals surface area contributed by atoms with Crippen LogP contribution in [-0.2, 0) is 10.0 Å². The van der Waals surface area contributed by atoms with E-state index in [-0.39, 0.29) is 17.3 Å². The summed E-state index contributed by atoms with van der Waals surface area (Å²) in [5.74, 6) is -1.75. The zero-order chi connectivity index (χ0) is 17.5. The van der Waals surface area contributed by atoms with Crippen molar-refractivity contribution in [1.29, 1.82) is 0 Å². The Hall–Kier alpha value is -1.96. The molecule has 1 aliphatic carbocycles. The highest BCUT2D eigenvalue weighted by Crippen LogP contribution is 2.32. The second kappa shape index (κ2) is 6.16. The summed E-state index contributed by atoms with van der Waals surface area (Å²) in [6.45, 7) is 3.13. The molecule has 0 atom stereocenters. The maximum atomic E-state index is 14.0. The third kappa shape index (κ3) is 3.02. The zero-order valence-corrected chi connectivity index (χ0v) is 14.3. The number of sulfonamides is 1. The van der Waals surface area contributed by atoms with Crippen LogP contribution in [0.2, 0.25) is 0 Å². The molecule has 2 aromatic rings. The molecule has 0 unspecified atom stereocenters. The van der Waals surface area contributed by atoms with Crippen molar-refractivity contribution in [1.82, 2.24) is 9.78 Å². The molecule has 0 spiro atoms. The van der Waals surface area contributed by atoms with Crippen LogP contribution in [0.3, 0.4) is 0 Å². The van der Waals surface area contributed by atoms with E-state index < -0.39 is 26.6 Å². The Bertz CT molecular complexity index is 872. The summed E-state index contributed by atoms with van der Waals surface area (Å²) in [5.41, 5.74) is 0.998. The summed E-state index contributed by atoms with van der Waals surface area (Å²) in [6.07, 6.45) is 5.67. The number of rotatable bonds is 4. The zero-order valence-electron chi connectivity index (χ0n) is 13.5. The largest absolute Gasteiger partial charge is 0.276 e.